The van der Waals surface area contributed by atoms with Crippen molar-refractivity contribution >= 4 is 39.9 Å². The van der Waals surface area contributed by atoms with Crippen molar-refractivity contribution in [3.05, 3.63) is 55.8 Å². The van der Waals surface area contributed by atoms with Crippen LogP contribution in [0.15, 0.2) is 35.3 Å². The van der Waals surface area contributed by atoms with Gasteiger partial charge in [-0.15, -0.1) is 0 Å². The summed E-state index contributed by atoms with van der Waals surface area (Å²) >= 11 is 1.96. The zero-order chi connectivity index (χ0) is 17.9. The lowest BCUT2D eigenvalue weighted by Crippen LogP contribution is -2.30. The molecule has 9 heteroatoms. The fourth-order valence-corrected chi connectivity index (χ4v) is 2.49. The van der Waals surface area contributed by atoms with Crippen LogP contribution in [-0.4, -0.2) is 33.4 Å². The van der Waals surface area contributed by atoms with Crippen molar-refractivity contribution in [1.29, 1.82) is 0 Å². The Balaban J connectivity index is 2.44. The fourth-order valence-electron chi connectivity index (χ4n) is 2.04. The van der Waals surface area contributed by atoms with E-state index >= 15 is 0 Å². The van der Waals surface area contributed by atoms with Crippen LogP contribution >= 0.6 is 22.6 Å². The number of aliphatic hydroxyl groups excluding tert-OH is 2. The van der Waals surface area contributed by atoms with Crippen LogP contribution in [0.4, 0.5) is 15.8 Å². The molecule has 1 aromatic heterocycles. The summed E-state index contributed by atoms with van der Waals surface area (Å²) in [4.78, 5) is 23.7. The number of carbonyl (C=O) groups excluding carboxylic acids is 1. The number of benzene rings is 1. The van der Waals surface area contributed by atoms with E-state index in [2.05, 4.69) is 5.32 Å². The minimum Gasteiger partial charge on any atom is -0.394 e. The summed E-state index contributed by atoms with van der Waals surface area (Å²) in [6, 6.07) is 5.52. The molecule has 1 amide bonds. The van der Waals surface area contributed by atoms with Crippen molar-refractivity contribution in [3.8, 4) is 0 Å². The van der Waals surface area contributed by atoms with Gasteiger partial charge >= 0.3 is 0 Å². The average molecular weight is 447 g/mol. The molecule has 0 saturated heterocycles. The van der Waals surface area contributed by atoms with Crippen LogP contribution in [0.25, 0.3) is 0 Å². The maximum atomic E-state index is 13.9. The highest BCUT2D eigenvalue weighted by Crippen LogP contribution is 2.23. The lowest BCUT2D eigenvalue weighted by Gasteiger charge is -2.15. The van der Waals surface area contributed by atoms with Gasteiger partial charge in [-0.25, -0.2) is 4.39 Å². The normalized spacial score (nSPS) is 12.0. The maximum Gasteiger partial charge on any atom is 0.252 e. The SMILES string of the molecule is NC(=O)c1cn(CC(O)CO)c(=O)cc1Nc1ccc(I)cc1F. The highest BCUT2D eigenvalue weighted by molar-refractivity contribution is 14.1. The Morgan fingerprint density at radius 3 is 2.67 bits per heavy atom. The Labute approximate surface area is 150 Å². The number of amides is 1. The van der Waals surface area contributed by atoms with Crippen molar-refractivity contribution in [2.45, 2.75) is 12.6 Å². The molecule has 128 valence electrons. The molecule has 0 saturated carbocycles. The predicted octanol–water partition coefficient (Wildman–Crippen LogP) is 0.788. The molecule has 2 aromatic rings. The number of aromatic nitrogens is 1. The summed E-state index contributed by atoms with van der Waals surface area (Å²) in [5, 5.41) is 21.0. The number of nitrogens with one attached hydrogen (secondary N) is 1. The van der Waals surface area contributed by atoms with E-state index in [1.54, 1.807) is 6.07 Å². The Morgan fingerprint density at radius 1 is 1.38 bits per heavy atom. The Hall–Kier alpha value is -1.98. The zero-order valence-electron chi connectivity index (χ0n) is 12.4. The number of aliphatic hydroxyl groups is 2. The van der Waals surface area contributed by atoms with Crippen LogP contribution in [0.5, 0.6) is 0 Å². The third-order valence-corrected chi connectivity index (χ3v) is 3.88. The van der Waals surface area contributed by atoms with Gasteiger partial charge in [0.25, 0.3) is 11.5 Å². The van der Waals surface area contributed by atoms with E-state index < -0.39 is 30.0 Å². The van der Waals surface area contributed by atoms with Crippen molar-refractivity contribution in [2.75, 3.05) is 11.9 Å². The molecular formula is C15H15FIN3O4. The standard InChI is InChI=1S/C15H15FIN3O4/c16-11-3-8(17)1-2-12(11)19-13-4-14(23)20(5-9(22)7-21)6-10(13)15(18)24/h1-4,6,9,19,21-22H,5,7H2,(H2,18,24). The first kappa shape index (κ1) is 18.4. The lowest BCUT2D eigenvalue weighted by atomic mass is 10.2. The number of hydrogen-bond acceptors (Lipinski definition) is 5. The van der Waals surface area contributed by atoms with E-state index in [1.165, 1.54) is 12.1 Å². The molecule has 0 radical (unpaired) electrons. The quantitative estimate of drug-likeness (QED) is 0.489. The molecule has 1 aromatic carbocycles. The predicted molar refractivity (Wildman–Crippen MR) is 94.7 cm³/mol. The van der Waals surface area contributed by atoms with Gasteiger partial charge in [-0.05, 0) is 40.8 Å². The molecule has 0 bridgehead atoms. The molecule has 5 N–H and O–H groups in total. The second kappa shape index (κ2) is 7.73. The number of halogens is 2. The van der Waals surface area contributed by atoms with Gasteiger partial charge in [-0.1, -0.05) is 0 Å². The second-order valence-corrected chi connectivity index (χ2v) is 6.29. The van der Waals surface area contributed by atoms with Gasteiger partial charge < -0.3 is 25.8 Å². The first-order valence-electron chi connectivity index (χ1n) is 6.87. The van der Waals surface area contributed by atoms with Crippen LogP contribution in [-0.2, 0) is 6.54 Å². The molecule has 7 nitrogen and oxygen atoms in total. The monoisotopic (exact) mass is 447 g/mol. The van der Waals surface area contributed by atoms with Gasteiger partial charge in [-0.2, -0.15) is 0 Å². The van der Waals surface area contributed by atoms with Gasteiger partial charge in [0.2, 0.25) is 0 Å². The number of nitrogens with zero attached hydrogens (tertiary/aromatic N) is 1. The van der Waals surface area contributed by atoms with E-state index in [-0.39, 0.29) is 23.5 Å². The molecular weight excluding hydrogens is 432 g/mol. The smallest absolute Gasteiger partial charge is 0.252 e. The van der Waals surface area contributed by atoms with Crippen LogP contribution in [0.3, 0.4) is 0 Å². The summed E-state index contributed by atoms with van der Waals surface area (Å²) in [7, 11) is 0. The molecule has 0 aliphatic heterocycles. The summed E-state index contributed by atoms with van der Waals surface area (Å²) in [6.07, 6.45) is 0.00658. The van der Waals surface area contributed by atoms with Crippen LogP contribution in [0.1, 0.15) is 10.4 Å². The number of rotatable bonds is 6. The molecule has 0 fully saturated rings. The first-order chi connectivity index (χ1) is 11.3. The van der Waals surface area contributed by atoms with Crippen LogP contribution < -0.4 is 16.6 Å². The number of carbonyl (C=O) groups is 1. The van der Waals surface area contributed by atoms with E-state index in [0.29, 0.717) is 3.57 Å². The Morgan fingerprint density at radius 2 is 2.08 bits per heavy atom. The summed E-state index contributed by atoms with van der Waals surface area (Å²) in [6.45, 7) is -0.736. The third-order valence-electron chi connectivity index (χ3n) is 3.21. The number of nitrogens with two attached hydrogens (primary N) is 1. The highest BCUT2D eigenvalue weighted by Gasteiger charge is 2.15. The lowest BCUT2D eigenvalue weighted by molar-refractivity contribution is 0.0802. The number of anilines is 2. The zero-order valence-corrected chi connectivity index (χ0v) is 14.5. The van der Waals surface area contributed by atoms with E-state index in [1.807, 2.05) is 22.6 Å². The van der Waals surface area contributed by atoms with Gasteiger partial charge in [-0.3, -0.25) is 9.59 Å². The molecule has 0 aliphatic rings. The third kappa shape index (κ3) is 4.30. The number of pyridine rings is 1. The van der Waals surface area contributed by atoms with E-state index in [4.69, 9.17) is 10.8 Å². The molecule has 1 unspecified atom stereocenters. The number of primary amides is 1. The van der Waals surface area contributed by atoms with E-state index in [9.17, 15) is 19.1 Å². The van der Waals surface area contributed by atoms with E-state index in [0.717, 1.165) is 16.8 Å². The van der Waals surface area contributed by atoms with Crippen LogP contribution in [0, 0.1) is 9.39 Å². The Bertz CT molecular complexity index is 825. The summed E-state index contributed by atoms with van der Waals surface area (Å²) in [5.74, 6) is -1.37. The highest BCUT2D eigenvalue weighted by atomic mass is 127. The number of hydrogen-bond donors (Lipinski definition) is 4. The van der Waals surface area contributed by atoms with Crippen LogP contribution in [0.2, 0.25) is 0 Å². The molecule has 0 spiro atoms. The Kier molecular flexibility index (Phi) is 5.91. The minimum atomic E-state index is -1.16. The summed E-state index contributed by atoms with van der Waals surface area (Å²) < 4.78 is 15.7. The topological polar surface area (TPSA) is 118 Å². The molecule has 1 atom stereocenters. The molecule has 2 rings (SSSR count). The average Bonchev–Trinajstić information content (AvgIpc) is 2.52. The fraction of sp³-hybridized carbons (Fsp3) is 0.200. The first-order valence-corrected chi connectivity index (χ1v) is 7.95. The molecule has 0 aliphatic carbocycles. The second-order valence-electron chi connectivity index (χ2n) is 5.04. The van der Waals surface area contributed by atoms with Crippen molar-refractivity contribution in [2.24, 2.45) is 5.73 Å². The minimum absolute atomic E-state index is 0.0438. The van der Waals surface area contributed by atoms with Crippen molar-refractivity contribution in [3.63, 3.8) is 0 Å². The molecule has 24 heavy (non-hydrogen) atoms. The van der Waals surface area contributed by atoms with Gasteiger partial charge in [0.15, 0.2) is 0 Å². The largest absolute Gasteiger partial charge is 0.394 e. The van der Waals surface area contributed by atoms with Gasteiger partial charge in [0.1, 0.15) is 5.82 Å². The van der Waals surface area contributed by atoms with Gasteiger partial charge in [0.05, 0.1) is 36.2 Å². The van der Waals surface area contributed by atoms with Gasteiger partial charge in [0, 0.05) is 15.8 Å². The molecule has 1 heterocycles. The van der Waals surface area contributed by atoms with Crippen molar-refractivity contribution < 1.29 is 19.4 Å². The van der Waals surface area contributed by atoms with Crippen molar-refractivity contribution in [1.82, 2.24) is 4.57 Å². The maximum absolute atomic E-state index is 13.9. The summed E-state index contributed by atoms with van der Waals surface area (Å²) in [5.41, 5.74) is 4.87.